The van der Waals surface area contributed by atoms with E-state index < -0.39 is 34.1 Å². The summed E-state index contributed by atoms with van der Waals surface area (Å²) in [6.07, 6.45) is 3.54. The van der Waals surface area contributed by atoms with Gasteiger partial charge in [-0.25, -0.2) is 22.0 Å². The molecule has 0 spiro atoms. The fourth-order valence-corrected chi connectivity index (χ4v) is 11.5. The first-order chi connectivity index (χ1) is 35.1. The molecule has 12 rings (SSSR count). The van der Waals surface area contributed by atoms with Crippen LogP contribution in [0.25, 0.3) is 45.5 Å². The third-order valence-corrected chi connectivity index (χ3v) is 14.7. The summed E-state index contributed by atoms with van der Waals surface area (Å²) in [6.45, 7) is 7.97. The van der Waals surface area contributed by atoms with Crippen LogP contribution in [-0.2, 0) is 10.8 Å². The summed E-state index contributed by atoms with van der Waals surface area (Å²) >= 11 is 0. The van der Waals surface area contributed by atoms with Crippen LogP contribution >= 0.6 is 0 Å². The zero-order valence-corrected chi connectivity index (χ0v) is 38.7. The van der Waals surface area contributed by atoms with Crippen molar-refractivity contribution in [3.05, 3.63) is 316 Å². The molecule has 0 aliphatic heterocycles. The van der Waals surface area contributed by atoms with E-state index in [1.54, 1.807) is 36.4 Å². The van der Waals surface area contributed by atoms with Gasteiger partial charge in [-0.2, -0.15) is 0 Å². The molecule has 0 fully saturated rings. The van der Waals surface area contributed by atoms with Crippen LogP contribution in [0.4, 0.5) is 39.0 Å². The molecule has 2 unspecified atom stereocenters. The monoisotopic (exact) mass is 943 g/mol. The molecule has 0 amide bonds. The Morgan fingerprint density at radius 3 is 1.11 bits per heavy atom. The second kappa shape index (κ2) is 17.2. The van der Waals surface area contributed by atoms with Gasteiger partial charge in [-0.1, -0.05) is 171 Å². The van der Waals surface area contributed by atoms with Crippen LogP contribution in [0.5, 0.6) is 0 Å². The molecular formula is C66H42F5N. The normalized spacial score (nSPS) is 16.1. The SMILES string of the molecule is C=Cc1ccc(C2(c3ccc(F)c(F)c3)c3ccccc3-c3ccc(N(c4ccc(-c5ccc(F)cc5)cc4)c4ccc5c(c4)C(c4ccc(C=C)cc4)(c4ccc(F)c(F)c4)c4ccccc4-5)cc32)cc1. The van der Waals surface area contributed by atoms with Crippen LogP contribution in [0.15, 0.2) is 232 Å². The first kappa shape index (κ1) is 44.3. The molecule has 346 valence electrons. The van der Waals surface area contributed by atoms with Gasteiger partial charge < -0.3 is 4.90 Å². The van der Waals surface area contributed by atoms with Gasteiger partial charge in [0.1, 0.15) is 5.82 Å². The molecule has 0 N–H and O–H groups in total. The molecule has 2 aliphatic carbocycles. The zero-order chi connectivity index (χ0) is 49.3. The minimum absolute atomic E-state index is 0.328. The molecule has 0 aromatic heterocycles. The Kier molecular flexibility index (Phi) is 10.6. The third kappa shape index (κ3) is 6.74. The average molecular weight is 944 g/mol. The summed E-state index contributed by atoms with van der Waals surface area (Å²) in [5.74, 6) is -4.13. The molecule has 6 heteroatoms. The molecule has 0 heterocycles. The van der Waals surface area contributed by atoms with Crippen molar-refractivity contribution >= 4 is 29.2 Å². The summed E-state index contributed by atoms with van der Waals surface area (Å²) < 4.78 is 75.6. The van der Waals surface area contributed by atoms with E-state index in [4.69, 9.17) is 0 Å². The van der Waals surface area contributed by atoms with E-state index in [2.05, 4.69) is 78.7 Å². The highest BCUT2D eigenvalue weighted by atomic mass is 19.2. The van der Waals surface area contributed by atoms with E-state index in [1.807, 2.05) is 97.1 Å². The molecule has 2 atom stereocenters. The topological polar surface area (TPSA) is 3.24 Å². The number of nitrogens with zero attached hydrogens (tertiary/aromatic N) is 1. The van der Waals surface area contributed by atoms with Crippen molar-refractivity contribution in [2.45, 2.75) is 10.8 Å². The second-order valence-corrected chi connectivity index (χ2v) is 18.4. The zero-order valence-electron chi connectivity index (χ0n) is 38.7. The Labute approximate surface area is 414 Å². The highest BCUT2D eigenvalue weighted by molar-refractivity contribution is 5.92. The lowest BCUT2D eigenvalue weighted by atomic mass is 9.67. The summed E-state index contributed by atoms with van der Waals surface area (Å²) in [5.41, 5.74) is 13.8. The summed E-state index contributed by atoms with van der Waals surface area (Å²) in [6, 6.07) is 67.6. The van der Waals surface area contributed by atoms with E-state index in [9.17, 15) is 13.2 Å². The molecule has 0 bridgehead atoms. The quantitative estimate of drug-likeness (QED) is 0.124. The van der Waals surface area contributed by atoms with Crippen molar-refractivity contribution in [3.8, 4) is 33.4 Å². The molecular weight excluding hydrogens is 902 g/mol. The van der Waals surface area contributed by atoms with Crippen LogP contribution in [-0.4, -0.2) is 0 Å². The summed E-state index contributed by atoms with van der Waals surface area (Å²) in [4.78, 5) is 2.16. The number of hydrogen-bond acceptors (Lipinski definition) is 1. The minimum atomic E-state index is -1.10. The highest BCUT2D eigenvalue weighted by Gasteiger charge is 2.48. The number of hydrogen-bond donors (Lipinski definition) is 0. The lowest BCUT2D eigenvalue weighted by Gasteiger charge is -2.36. The molecule has 10 aromatic rings. The Bertz CT molecular complexity index is 3580. The van der Waals surface area contributed by atoms with Crippen molar-refractivity contribution in [1.29, 1.82) is 0 Å². The molecule has 1 nitrogen and oxygen atoms in total. The van der Waals surface area contributed by atoms with Crippen LogP contribution < -0.4 is 4.90 Å². The van der Waals surface area contributed by atoms with Crippen molar-refractivity contribution in [3.63, 3.8) is 0 Å². The van der Waals surface area contributed by atoms with Gasteiger partial charge in [0.2, 0.25) is 0 Å². The molecule has 0 saturated carbocycles. The largest absolute Gasteiger partial charge is 0.310 e. The maximum absolute atomic E-state index is 15.8. The molecule has 0 saturated heterocycles. The second-order valence-electron chi connectivity index (χ2n) is 18.4. The lowest BCUT2D eigenvalue weighted by Crippen LogP contribution is -2.29. The first-order valence-electron chi connectivity index (χ1n) is 23.7. The fourth-order valence-electron chi connectivity index (χ4n) is 11.5. The molecule has 10 aromatic carbocycles. The smallest absolute Gasteiger partial charge is 0.159 e. The van der Waals surface area contributed by atoms with Crippen LogP contribution in [0.2, 0.25) is 0 Å². The van der Waals surface area contributed by atoms with Gasteiger partial charge in [0, 0.05) is 17.1 Å². The van der Waals surface area contributed by atoms with Gasteiger partial charge in [0.15, 0.2) is 23.3 Å². The number of fused-ring (bicyclic) bond motifs is 6. The van der Waals surface area contributed by atoms with Crippen molar-refractivity contribution in [2.75, 3.05) is 4.90 Å². The van der Waals surface area contributed by atoms with E-state index in [-0.39, 0.29) is 5.82 Å². The van der Waals surface area contributed by atoms with Crippen molar-refractivity contribution in [1.82, 2.24) is 0 Å². The van der Waals surface area contributed by atoms with E-state index in [1.165, 1.54) is 36.4 Å². The molecule has 0 radical (unpaired) electrons. The lowest BCUT2D eigenvalue weighted by molar-refractivity contribution is 0.505. The van der Waals surface area contributed by atoms with E-state index in [0.717, 1.165) is 95.0 Å². The van der Waals surface area contributed by atoms with Gasteiger partial charge in [0.05, 0.1) is 10.8 Å². The number of benzene rings is 10. The van der Waals surface area contributed by atoms with Gasteiger partial charge in [0.25, 0.3) is 0 Å². The summed E-state index contributed by atoms with van der Waals surface area (Å²) in [7, 11) is 0. The Hall–Kier alpha value is -8.87. The van der Waals surface area contributed by atoms with Crippen LogP contribution in [0.1, 0.15) is 55.6 Å². The summed E-state index contributed by atoms with van der Waals surface area (Å²) in [5, 5.41) is 0. The predicted octanol–water partition coefficient (Wildman–Crippen LogP) is 17.5. The maximum atomic E-state index is 15.8. The minimum Gasteiger partial charge on any atom is -0.310 e. The first-order valence-corrected chi connectivity index (χ1v) is 23.7. The Morgan fingerprint density at radius 1 is 0.319 bits per heavy atom. The predicted molar refractivity (Wildman–Crippen MR) is 281 cm³/mol. The Balaban J connectivity index is 1.14. The van der Waals surface area contributed by atoms with Gasteiger partial charge in [-0.15, -0.1) is 0 Å². The highest BCUT2D eigenvalue weighted by Crippen LogP contribution is 2.60. The van der Waals surface area contributed by atoms with Crippen LogP contribution in [0.3, 0.4) is 0 Å². The van der Waals surface area contributed by atoms with Crippen molar-refractivity contribution < 1.29 is 22.0 Å². The molecule has 72 heavy (non-hydrogen) atoms. The standard InChI is InChI=1S/C66H42F5N/c1-3-41-13-21-45(22-14-41)65(47-25-35-61(68)63(70)37-47)57-11-7-5-9-53(57)55-33-31-51(39-59(55)65)72(50-29-19-44(20-30-50)43-17-27-49(67)28-18-43)52-32-34-56-54-10-6-8-12-58(54)66(60(56)40-52,46-23-15-42(4-2)16-24-46)48-26-36-62(69)64(71)38-48/h3-40H,1-2H2. The van der Waals surface area contributed by atoms with Gasteiger partial charge in [-0.3, -0.25) is 0 Å². The molecule has 2 aliphatic rings. The third-order valence-electron chi connectivity index (χ3n) is 14.7. The number of anilines is 3. The number of rotatable bonds is 10. The van der Waals surface area contributed by atoms with E-state index in [0.29, 0.717) is 11.1 Å². The maximum Gasteiger partial charge on any atom is 0.159 e. The fraction of sp³-hybridized carbons (Fsp3) is 0.0303. The van der Waals surface area contributed by atoms with Gasteiger partial charge in [-0.05, 0) is 162 Å². The van der Waals surface area contributed by atoms with E-state index >= 15 is 8.78 Å². The number of halogens is 5. The average Bonchev–Trinajstić information content (AvgIpc) is 3.88. The van der Waals surface area contributed by atoms with Crippen LogP contribution in [0, 0.1) is 29.1 Å². The van der Waals surface area contributed by atoms with Gasteiger partial charge >= 0.3 is 0 Å². The van der Waals surface area contributed by atoms with Crippen molar-refractivity contribution in [2.24, 2.45) is 0 Å². The Morgan fingerprint density at radius 2 is 0.694 bits per heavy atom.